The minimum absolute atomic E-state index is 0.154. The summed E-state index contributed by atoms with van der Waals surface area (Å²) in [5.74, 6) is 2.64. The van der Waals surface area contributed by atoms with Crippen molar-refractivity contribution >= 4 is 0 Å². The molecule has 0 saturated heterocycles. The number of fused-ring (bicyclic) bond motifs is 1. The van der Waals surface area contributed by atoms with Crippen molar-refractivity contribution in [1.29, 1.82) is 0 Å². The van der Waals surface area contributed by atoms with E-state index in [1.807, 2.05) is 30.5 Å². The maximum absolute atomic E-state index is 6.26. The minimum Gasteiger partial charge on any atom is -0.497 e. The summed E-state index contributed by atoms with van der Waals surface area (Å²) in [5.41, 5.74) is 4.45. The van der Waals surface area contributed by atoms with Crippen LogP contribution in [0.4, 0.5) is 0 Å². The van der Waals surface area contributed by atoms with Gasteiger partial charge >= 0.3 is 0 Å². The molecule has 152 valence electrons. The third-order valence-electron chi connectivity index (χ3n) is 5.36. The maximum Gasteiger partial charge on any atom is 0.124 e. The molecule has 6 nitrogen and oxygen atoms in total. The van der Waals surface area contributed by atoms with E-state index in [1.165, 1.54) is 0 Å². The molecule has 2 heterocycles. The number of benzene rings is 2. The van der Waals surface area contributed by atoms with Gasteiger partial charge in [0, 0.05) is 36.3 Å². The van der Waals surface area contributed by atoms with Gasteiger partial charge in [-0.3, -0.25) is 10.00 Å². The van der Waals surface area contributed by atoms with Crippen molar-refractivity contribution in [3.05, 3.63) is 59.8 Å². The molecule has 0 amide bonds. The van der Waals surface area contributed by atoms with E-state index in [-0.39, 0.29) is 6.10 Å². The van der Waals surface area contributed by atoms with Gasteiger partial charge in [0.1, 0.15) is 23.4 Å². The van der Waals surface area contributed by atoms with Gasteiger partial charge in [-0.1, -0.05) is 6.92 Å². The molecule has 1 N–H and O–H groups in total. The van der Waals surface area contributed by atoms with E-state index in [0.29, 0.717) is 0 Å². The zero-order valence-corrected chi connectivity index (χ0v) is 17.1. The molecule has 1 aliphatic rings. The summed E-state index contributed by atoms with van der Waals surface area (Å²) >= 11 is 0. The molecule has 0 spiro atoms. The van der Waals surface area contributed by atoms with Crippen molar-refractivity contribution in [2.24, 2.45) is 0 Å². The summed E-state index contributed by atoms with van der Waals surface area (Å²) in [5, 5.41) is 7.47. The molecule has 1 aromatic heterocycles. The van der Waals surface area contributed by atoms with Crippen LogP contribution in [0, 0.1) is 0 Å². The zero-order chi connectivity index (χ0) is 20.2. The molecule has 1 aliphatic heterocycles. The zero-order valence-electron chi connectivity index (χ0n) is 17.1. The number of methoxy groups -OCH3 is 2. The molecule has 0 fully saturated rings. The van der Waals surface area contributed by atoms with Crippen LogP contribution in [0.15, 0.2) is 48.7 Å². The average Bonchev–Trinajstić information content (AvgIpc) is 3.14. The molecule has 3 aromatic rings. The van der Waals surface area contributed by atoms with Crippen LogP contribution in [0.5, 0.6) is 17.2 Å². The largest absolute Gasteiger partial charge is 0.497 e. The van der Waals surface area contributed by atoms with Crippen LogP contribution in [0.25, 0.3) is 11.3 Å². The van der Waals surface area contributed by atoms with Crippen LogP contribution in [-0.4, -0.2) is 42.0 Å². The van der Waals surface area contributed by atoms with Gasteiger partial charge in [-0.15, -0.1) is 0 Å². The van der Waals surface area contributed by atoms with Gasteiger partial charge in [0.25, 0.3) is 0 Å². The van der Waals surface area contributed by atoms with Crippen LogP contribution in [-0.2, 0) is 13.1 Å². The molecule has 0 radical (unpaired) electrons. The second-order valence-corrected chi connectivity index (χ2v) is 7.29. The third kappa shape index (κ3) is 4.22. The van der Waals surface area contributed by atoms with Crippen molar-refractivity contribution in [3.8, 4) is 28.5 Å². The van der Waals surface area contributed by atoms with E-state index in [9.17, 15) is 0 Å². The Hall–Kier alpha value is -2.99. The Morgan fingerprint density at radius 1 is 1.10 bits per heavy atom. The molecule has 29 heavy (non-hydrogen) atoms. The van der Waals surface area contributed by atoms with Gasteiger partial charge in [0.2, 0.25) is 0 Å². The summed E-state index contributed by atoms with van der Waals surface area (Å²) in [6, 6.07) is 14.1. The summed E-state index contributed by atoms with van der Waals surface area (Å²) in [7, 11) is 3.37. The number of nitrogens with one attached hydrogen (secondary N) is 1. The van der Waals surface area contributed by atoms with Crippen LogP contribution < -0.4 is 14.2 Å². The van der Waals surface area contributed by atoms with Crippen molar-refractivity contribution in [2.75, 3.05) is 20.8 Å². The fraction of sp³-hybridized carbons (Fsp3) is 0.348. The van der Waals surface area contributed by atoms with E-state index in [2.05, 4.69) is 40.2 Å². The fourth-order valence-electron chi connectivity index (χ4n) is 3.74. The second kappa shape index (κ2) is 8.57. The summed E-state index contributed by atoms with van der Waals surface area (Å²) in [4.78, 5) is 2.41. The molecule has 6 heteroatoms. The normalized spacial score (nSPS) is 16.6. The van der Waals surface area contributed by atoms with E-state index in [1.54, 1.807) is 14.2 Å². The number of ether oxygens (including phenoxy) is 3. The number of hydrogen-bond donors (Lipinski definition) is 1. The monoisotopic (exact) mass is 393 g/mol. The van der Waals surface area contributed by atoms with Crippen molar-refractivity contribution in [3.63, 3.8) is 0 Å². The highest BCUT2D eigenvalue weighted by molar-refractivity contribution is 5.63. The van der Waals surface area contributed by atoms with Gasteiger partial charge < -0.3 is 14.2 Å². The van der Waals surface area contributed by atoms with Gasteiger partial charge in [-0.25, -0.2) is 0 Å². The smallest absolute Gasteiger partial charge is 0.124 e. The number of aromatic amines is 1. The van der Waals surface area contributed by atoms with E-state index < -0.39 is 0 Å². The first-order chi connectivity index (χ1) is 14.2. The maximum atomic E-state index is 6.26. The first kappa shape index (κ1) is 19.3. The highest BCUT2D eigenvalue weighted by Gasteiger charge is 2.23. The van der Waals surface area contributed by atoms with Crippen molar-refractivity contribution in [1.82, 2.24) is 15.1 Å². The Kier molecular flexibility index (Phi) is 5.71. The number of aromatic nitrogens is 2. The van der Waals surface area contributed by atoms with Gasteiger partial charge in [-0.05, 0) is 48.9 Å². The summed E-state index contributed by atoms with van der Waals surface area (Å²) in [6.07, 6.45) is 3.03. The number of H-pyrrole nitrogens is 1. The third-order valence-corrected chi connectivity index (χ3v) is 5.36. The van der Waals surface area contributed by atoms with Gasteiger partial charge in [0.05, 0.1) is 26.1 Å². The molecule has 0 unspecified atom stereocenters. The topological polar surface area (TPSA) is 59.6 Å². The lowest BCUT2D eigenvalue weighted by atomic mass is 10.1. The highest BCUT2D eigenvalue weighted by Crippen LogP contribution is 2.31. The Balaban J connectivity index is 1.59. The predicted molar refractivity (Wildman–Crippen MR) is 112 cm³/mol. The van der Waals surface area contributed by atoms with Gasteiger partial charge in [-0.2, -0.15) is 5.10 Å². The van der Waals surface area contributed by atoms with Gasteiger partial charge in [0.15, 0.2) is 0 Å². The molecular weight excluding hydrogens is 366 g/mol. The van der Waals surface area contributed by atoms with Crippen LogP contribution >= 0.6 is 0 Å². The molecule has 2 aromatic carbocycles. The highest BCUT2D eigenvalue weighted by atomic mass is 16.5. The second-order valence-electron chi connectivity index (χ2n) is 7.29. The number of hydrogen-bond acceptors (Lipinski definition) is 5. The van der Waals surface area contributed by atoms with E-state index >= 15 is 0 Å². The SMILES string of the molecule is CC[C@@H]1CN(Cc2cn[nH]c2-c2ccc(OC)cc2)Cc2cc(OC)ccc2O1. The van der Waals surface area contributed by atoms with Crippen molar-refractivity contribution in [2.45, 2.75) is 32.5 Å². The molecule has 0 saturated carbocycles. The first-order valence-electron chi connectivity index (χ1n) is 9.92. The number of nitrogens with zero attached hydrogens (tertiary/aromatic N) is 2. The lowest BCUT2D eigenvalue weighted by molar-refractivity contribution is 0.139. The summed E-state index contributed by atoms with van der Waals surface area (Å²) in [6.45, 7) is 4.61. The quantitative estimate of drug-likeness (QED) is 0.678. The Morgan fingerprint density at radius 2 is 1.86 bits per heavy atom. The van der Waals surface area contributed by atoms with Crippen LogP contribution in [0.3, 0.4) is 0 Å². The molecule has 0 aliphatic carbocycles. The van der Waals surface area contributed by atoms with Crippen LogP contribution in [0.2, 0.25) is 0 Å². The van der Waals surface area contributed by atoms with E-state index in [4.69, 9.17) is 14.2 Å². The Morgan fingerprint density at radius 3 is 2.59 bits per heavy atom. The molecule has 0 bridgehead atoms. The van der Waals surface area contributed by atoms with Crippen molar-refractivity contribution < 1.29 is 14.2 Å². The molecule has 4 rings (SSSR count). The Labute approximate surface area is 171 Å². The standard InChI is InChI=1S/C23H27N3O3/c1-4-19-15-26(13-17-11-21(28-3)9-10-22(17)29-19)14-18-12-24-25-23(18)16-5-7-20(27-2)8-6-16/h5-12,19H,4,13-15H2,1-3H3,(H,24,25)/t19-/m1/s1. The summed E-state index contributed by atoms with van der Waals surface area (Å²) < 4.78 is 16.9. The Bertz CT molecular complexity index is 952. The minimum atomic E-state index is 0.154. The lowest BCUT2D eigenvalue weighted by Gasteiger charge is -2.23. The molecular formula is C23H27N3O3. The fourth-order valence-corrected chi connectivity index (χ4v) is 3.74. The van der Waals surface area contributed by atoms with Crippen LogP contribution in [0.1, 0.15) is 24.5 Å². The average molecular weight is 393 g/mol. The lowest BCUT2D eigenvalue weighted by Crippen LogP contribution is -2.32. The molecule has 1 atom stereocenters. The number of rotatable bonds is 6. The first-order valence-corrected chi connectivity index (χ1v) is 9.92. The van der Waals surface area contributed by atoms with E-state index in [0.717, 1.165) is 65.7 Å². The predicted octanol–water partition coefficient (Wildman–Crippen LogP) is 4.27.